The van der Waals surface area contributed by atoms with Gasteiger partial charge in [0.2, 0.25) is 11.8 Å². The number of hydrogen-bond donors (Lipinski definition) is 1. The molecule has 0 aromatic heterocycles. The minimum atomic E-state index is -0.535. The predicted molar refractivity (Wildman–Crippen MR) is 104 cm³/mol. The lowest BCUT2D eigenvalue weighted by Crippen LogP contribution is -2.51. The molecule has 3 aliphatic rings. The van der Waals surface area contributed by atoms with E-state index >= 15 is 0 Å². The van der Waals surface area contributed by atoms with Gasteiger partial charge in [-0.15, -0.1) is 0 Å². The molecule has 1 aromatic carbocycles. The van der Waals surface area contributed by atoms with Crippen molar-refractivity contribution >= 4 is 17.5 Å². The van der Waals surface area contributed by atoms with Gasteiger partial charge in [-0.25, -0.2) is 4.39 Å². The Kier molecular flexibility index (Phi) is 5.38. The molecule has 6 nitrogen and oxygen atoms in total. The molecule has 0 radical (unpaired) electrons. The van der Waals surface area contributed by atoms with Crippen LogP contribution < -0.4 is 5.32 Å². The quantitative estimate of drug-likeness (QED) is 0.862. The number of nitrogens with one attached hydrogen (secondary N) is 1. The third kappa shape index (κ3) is 3.91. The van der Waals surface area contributed by atoms with Gasteiger partial charge < -0.3 is 15.0 Å². The molecule has 152 valence electrons. The summed E-state index contributed by atoms with van der Waals surface area (Å²) in [5.41, 5.74) is 1.13. The fourth-order valence-corrected chi connectivity index (χ4v) is 4.90. The number of hydrogen-bond acceptors (Lipinski definition) is 4. The van der Waals surface area contributed by atoms with Crippen LogP contribution in [0.4, 0.5) is 10.1 Å². The highest BCUT2D eigenvalue weighted by atomic mass is 19.1. The van der Waals surface area contributed by atoms with Crippen LogP contribution in [0.5, 0.6) is 0 Å². The Morgan fingerprint density at radius 3 is 2.79 bits per heavy atom. The summed E-state index contributed by atoms with van der Waals surface area (Å²) in [7, 11) is 0. The number of benzene rings is 1. The number of morpholine rings is 1. The summed E-state index contributed by atoms with van der Waals surface area (Å²) >= 11 is 0. The van der Waals surface area contributed by atoms with Crippen LogP contribution in [-0.2, 0) is 14.3 Å². The Morgan fingerprint density at radius 2 is 2.04 bits per heavy atom. The second kappa shape index (κ2) is 7.79. The predicted octanol–water partition coefficient (Wildman–Crippen LogP) is 2.35. The van der Waals surface area contributed by atoms with Crippen molar-refractivity contribution in [3.8, 4) is 0 Å². The lowest BCUT2D eigenvalue weighted by Gasteiger charge is -2.39. The third-order valence-electron chi connectivity index (χ3n) is 5.98. The van der Waals surface area contributed by atoms with Crippen LogP contribution in [0.2, 0.25) is 0 Å². The first kappa shape index (κ1) is 19.3. The molecule has 2 fully saturated rings. The van der Waals surface area contributed by atoms with Crippen LogP contribution >= 0.6 is 0 Å². The number of likely N-dealkylation sites (tertiary alicyclic amines) is 1. The van der Waals surface area contributed by atoms with Crippen LogP contribution in [0.25, 0.3) is 0 Å². The molecule has 2 amide bonds. The molecule has 28 heavy (non-hydrogen) atoms. The van der Waals surface area contributed by atoms with Crippen LogP contribution in [0.3, 0.4) is 0 Å². The van der Waals surface area contributed by atoms with Crippen LogP contribution in [0.1, 0.15) is 44.6 Å². The van der Waals surface area contributed by atoms with Gasteiger partial charge in [0.15, 0.2) is 0 Å². The number of amides is 2. The Morgan fingerprint density at radius 1 is 1.29 bits per heavy atom. The summed E-state index contributed by atoms with van der Waals surface area (Å²) in [5, 5.41) is 2.69. The molecule has 4 unspecified atom stereocenters. The highest BCUT2D eigenvalue weighted by molar-refractivity contribution is 6.01. The molecule has 0 bridgehead atoms. The average Bonchev–Trinajstić information content (AvgIpc) is 3.07. The minimum Gasteiger partial charge on any atom is -0.373 e. The van der Waals surface area contributed by atoms with Gasteiger partial charge in [0.1, 0.15) is 5.82 Å². The highest BCUT2D eigenvalue weighted by Crippen LogP contribution is 2.35. The van der Waals surface area contributed by atoms with Crippen LogP contribution in [0, 0.1) is 5.82 Å². The number of fused-ring (bicyclic) bond motifs is 1. The van der Waals surface area contributed by atoms with Gasteiger partial charge in [-0.1, -0.05) is 6.07 Å². The maximum Gasteiger partial charge on any atom is 0.231 e. The number of rotatable bonds is 3. The van der Waals surface area contributed by atoms with Gasteiger partial charge in [0, 0.05) is 44.3 Å². The van der Waals surface area contributed by atoms with Gasteiger partial charge in [-0.05, 0) is 44.4 Å². The average molecular weight is 389 g/mol. The maximum atomic E-state index is 13.6. The van der Waals surface area contributed by atoms with Gasteiger partial charge in [-0.2, -0.15) is 0 Å². The van der Waals surface area contributed by atoms with E-state index in [4.69, 9.17) is 4.74 Å². The minimum absolute atomic E-state index is 0.0143. The SMILES string of the molecule is CC1CN(CC2CCCN2C(=O)C2CC(=O)Nc3cc(F)ccc32)CC(C)O1. The molecule has 3 aliphatic heterocycles. The second-order valence-electron chi connectivity index (χ2n) is 8.34. The van der Waals surface area contributed by atoms with E-state index in [-0.39, 0.29) is 36.5 Å². The summed E-state index contributed by atoms with van der Waals surface area (Å²) in [4.78, 5) is 29.8. The molecule has 0 saturated carbocycles. The number of anilines is 1. The molecule has 1 N–H and O–H groups in total. The van der Waals surface area contributed by atoms with E-state index in [2.05, 4.69) is 24.1 Å². The van der Waals surface area contributed by atoms with Crippen molar-refractivity contribution in [3.63, 3.8) is 0 Å². The van der Waals surface area contributed by atoms with E-state index in [1.807, 2.05) is 4.90 Å². The molecule has 4 rings (SSSR count). The first-order chi connectivity index (χ1) is 13.4. The normalized spacial score (nSPS) is 30.8. The molecule has 4 atom stereocenters. The smallest absolute Gasteiger partial charge is 0.231 e. The van der Waals surface area contributed by atoms with Crippen molar-refractivity contribution < 1.29 is 18.7 Å². The largest absolute Gasteiger partial charge is 0.373 e. The van der Waals surface area contributed by atoms with E-state index < -0.39 is 11.7 Å². The Hall–Kier alpha value is -1.99. The first-order valence-corrected chi connectivity index (χ1v) is 10.2. The van der Waals surface area contributed by atoms with Crippen LogP contribution in [-0.4, -0.2) is 66.0 Å². The van der Waals surface area contributed by atoms with Crippen molar-refractivity contribution in [2.75, 3.05) is 31.5 Å². The third-order valence-corrected chi connectivity index (χ3v) is 5.98. The topological polar surface area (TPSA) is 61.9 Å². The highest BCUT2D eigenvalue weighted by Gasteiger charge is 2.39. The van der Waals surface area contributed by atoms with Crippen molar-refractivity contribution in [3.05, 3.63) is 29.6 Å². The monoisotopic (exact) mass is 389 g/mol. The lowest BCUT2D eigenvalue weighted by atomic mass is 9.89. The first-order valence-electron chi connectivity index (χ1n) is 10.2. The summed E-state index contributed by atoms with van der Waals surface area (Å²) < 4.78 is 19.4. The van der Waals surface area contributed by atoms with E-state index in [9.17, 15) is 14.0 Å². The van der Waals surface area contributed by atoms with Crippen molar-refractivity contribution in [1.29, 1.82) is 0 Å². The van der Waals surface area contributed by atoms with Gasteiger partial charge in [0.05, 0.1) is 18.1 Å². The number of halogens is 1. The summed E-state index contributed by atoms with van der Waals surface area (Å²) in [6.45, 7) is 7.45. The number of nitrogens with zero attached hydrogens (tertiary/aromatic N) is 2. The van der Waals surface area contributed by atoms with Crippen LogP contribution in [0.15, 0.2) is 18.2 Å². The standard InChI is InChI=1S/C21H28FN3O3/c1-13-10-24(11-14(2)28-13)12-16-4-3-7-25(16)21(27)18-9-20(26)23-19-8-15(22)5-6-17(18)19/h5-6,8,13-14,16,18H,3-4,7,9-12H2,1-2H3,(H,23,26). The fourth-order valence-electron chi connectivity index (χ4n) is 4.90. The summed E-state index contributed by atoms with van der Waals surface area (Å²) in [6, 6.07) is 4.43. The van der Waals surface area contributed by atoms with Crippen molar-refractivity contribution in [2.45, 2.75) is 57.3 Å². The summed E-state index contributed by atoms with van der Waals surface area (Å²) in [6.07, 6.45) is 2.45. The molecule has 3 heterocycles. The zero-order valence-corrected chi connectivity index (χ0v) is 16.5. The molecule has 7 heteroatoms. The van der Waals surface area contributed by atoms with Crippen molar-refractivity contribution in [2.24, 2.45) is 0 Å². The maximum absolute atomic E-state index is 13.6. The number of ether oxygens (including phenoxy) is 1. The molecular weight excluding hydrogens is 361 g/mol. The van der Waals surface area contributed by atoms with E-state index in [1.54, 1.807) is 6.07 Å². The molecule has 0 aliphatic carbocycles. The van der Waals surface area contributed by atoms with E-state index in [0.29, 0.717) is 17.8 Å². The van der Waals surface area contributed by atoms with Gasteiger partial charge >= 0.3 is 0 Å². The van der Waals surface area contributed by atoms with Crippen molar-refractivity contribution in [1.82, 2.24) is 9.80 Å². The number of carbonyl (C=O) groups is 2. The molecular formula is C21H28FN3O3. The Labute approximate surface area is 165 Å². The zero-order chi connectivity index (χ0) is 19.8. The number of carbonyl (C=O) groups excluding carboxylic acids is 2. The Balaban J connectivity index is 1.50. The summed E-state index contributed by atoms with van der Waals surface area (Å²) in [5.74, 6) is -1.20. The van der Waals surface area contributed by atoms with E-state index in [1.165, 1.54) is 12.1 Å². The lowest BCUT2D eigenvalue weighted by molar-refractivity contribution is -0.136. The molecule has 1 aromatic rings. The molecule has 0 spiro atoms. The van der Waals surface area contributed by atoms with E-state index in [0.717, 1.165) is 32.5 Å². The fraction of sp³-hybridized carbons (Fsp3) is 0.619. The molecule has 2 saturated heterocycles. The second-order valence-corrected chi connectivity index (χ2v) is 8.34. The van der Waals surface area contributed by atoms with Gasteiger partial charge in [-0.3, -0.25) is 14.5 Å². The Bertz CT molecular complexity index is 761. The van der Waals surface area contributed by atoms with Gasteiger partial charge in [0.25, 0.3) is 0 Å². The zero-order valence-electron chi connectivity index (χ0n) is 16.5.